The van der Waals surface area contributed by atoms with E-state index in [2.05, 4.69) is 5.32 Å². The van der Waals surface area contributed by atoms with E-state index in [9.17, 15) is 9.18 Å². The molecule has 0 saturated carbocycles. The fourth-order valence-electron chi connectivity index (χ4n) is 1.31. The molecule has 1 aromatic carbocycles. The molecule has 6 heteroatoms. The first-order chi connectivity index (χ1) is 9.13. The van der Waals surface area contributed by atoms with Crippen LogP contribution >= 0.6 is 11.6 Å². The van der Waals surface area contributed by atoms with Gasteiger partial charge in [0.25, 0.3) is 5.91 Å². The molecule has 0 spiro atoms. The van der Waals surface area contributed by atoms with Gasteiger partial charge in [-0.05, 0) is 25.5 Å². The number of carbonyl (C=O) groups is 1. The summed E-state index contributed by atoms with van der Waals surface area (Å²) < 4.78 is 23.2. The van der Waals surface area contributed by atoms with Crippen molar-refractivity contribution in [3.63, 3.8) is 0 Å². The van der Waals surface area contributed by atoms with Crippen molar-refractivity contribution in [3.8, 4) is 5.75 Å². The second kappa shape index (κ2) is 8.72. The van der Waals surface area contributed by atoms with Gasteiger partial charge in [-0.25, -0.2) is 4.39 Å². The Hall–Kier alpha value is -1.33. The molecule has 0 saturated heterocycles. The van der Waals surface area contributed by atoms with Crippen molar-refractivity contribution in [3.05, 3.63) is 29.0 Å². The van der Waals surface area contributed by atoms with Crippen LogP contribution in [0.2, 0.25) is 5.02 Å². The molecule has 0 unspecified atom stereocenters. The van der Waals surface area contributed by atoms with Gasteiger partial charge in [-0.15, -0.1) is 0 Å². The van der Waals surface area contributed by atoms with Gasteiger partial charge in [0.15, 0.2) is 6.61 Å². The second-order valence-corrected chi connectivity index (χ2v) is 4.17. The van der Waals surface area contributed by atoms with E-state index in [1.807, 2.05) is 6.92 Å². The molecule has 0 bridgehead atoms. The Bertz CT molecular complexity index is 415. The standard InChI is InChI=1S/C13H17ClFNO3/c1-2-18-7-3-6-16-13(17)9-19-10-4-5-12(15)11(14)8-10/h4-5,8H,2-3,6-7,9H2,1H3,(H,16,17). The minimum absolute atomic E-state index is 0.0328. The fraction of sp³-hybridized carbons (Fsp3) is 0.462. The van der Waals surface area contributed by atoms with Crippen molar-refractivity contribution < 1.29 is 18.7 Å². The average Bonchev–Trinajstić information content (AvgIpc) is 2.40. The van der Waals surface area contributed by atoms with Crippen molar-refractivity contribution in [1.82, 2.24) is 5.32 Å². The van der Waals surface area contributed by atoms with Crippen LogP contribution in [0.25, 0.3) is 0 Å². The van der Waals surface area contributed by atoms with Gasteiger partial charge in [0, 0.05) is 25.8 Å². The van der Waals surface area contributed by atoms with Crippen LogP contribution in [-0.4, -0.2) is 32.3 Å². The van der Waals surface area contributed by atoms with Crippen molar-refractivity contribution in [2.24, 2.45) is 0 Å². The molecular weight excluding hydrogens is 273 g/mol. The number of hydrogen-bond acceptors (Lipinski definition) is 3. The van der Waals surface area contributed by atoms with E-state index in [0.29, 0.717) is 25.5 Å². The summed E-state index contributed by atoms with van der Waals surface area (Å²) in [6, 6.07) is 3.94. The topological polar surface area (TPSA) is 47.6 Å². The lowest BCUT2D eigenvalue weighted by molar-refractivity contribution is -0.123. The zero-order valence-corrected chi connectivity index (χ0v) is 11.5. The van der Waals surface area contributed by atoms with Gasteiger partial charge in [-0.2, -0.15) is 0 Å². The minimum atomic E-state index is -0.519. The van der Waals surface area contributed by atoms with Gasteiger partial charge in [-0.1, -0.05) is 11.6 Å². The van der Waals surface area contributed by atoms with E-state index in [1.165, 1.54) is 18.2 Å². The van der Waals surface area contributed by atoms with E-state index < -0.39 is 5.82 Å². The molecule has 0 aliphatic heterocycles. The smallest absolute Gasteiger partial charge is 0.257 e. The molecule has 1 rings (SSSR count). The Kier molecular flexibility index (Phi) is 7.22. The number of halogens is 2. The molecule has 0 radical (unpaired) electrons. The summed E-state index contributed by atoms with van der Waals surface area (Å²) in [6.07, 6.45) is 0.752. The predicted octanol–water partition coefficient (Wildman–Crippen LogP) is 2.40. The largest absolute Gasteiger partial charge is 0.484 e. The maximum absolute atomic E-state index is 12.9. The molecule has 106 valence electrons. The minimum Gasteiger partial charge on any atom is -0.484 e. The van der Waals surface area contributed by atoms with Crippen LogP contribution in [0.3, 0.4) is 0 Å². The summed E-state index contributed by atoms with van der Waals surface area (Å²) in [7, 11) is 0. The maximum Gasteiger partial charge on any atom is 0.257 e. The van der Waals surface area contributed by atoms with Crippen molar-refractivity contribution >= 4 is 17.5 Å². The molecule has 0 aliphatic rings. The van der Waals surface area contributed by atoms with Gasteiger partial charge >= 0.3 is 0 Å². The Balaban J connectivity index is 2.20. The van der Waals surface area contributed by atoms with Crippen molar-refractivity contribution in [1.29, 1.82) is 0 Å². The molecule has 0 fully saturated rings. The summed E-state index contributed by atoms with van der Waals surface area (Å²) in [5, 5.41) is 2.65. The van der Waals surface area contributed by atoms with Crippen molar-refractivity contribution in [2.75, 3.05) is 26.4 Å². The Morgan fingerprint density at radius 2 is 2.26 bits per heavy atom. The molecule has 0 aromatic heterocycles. The molecule has 1 N–H and O–H groups in total. The van der Waals surface area contributed by atoms with E-state index in [1.54, 1.807) is 0 Å². The van der Waals surface area contributed by atoms with Crippen LogP contribution in [0.15, 0.2) is 18.2 Å². The molecule has 1 amide bonds. The summed E-state index contributed by atoms with van der Waals surface area (Å²) >= 11 is 5.59. The zero-order chi connectivity index (χ0) is 14.1. The Morgan fingerprint density at radius 1 is 1.47 bits per heavy atom. The normalized spacial score (nSPS) is 10.3. The van der Waals surface area contributed by atoms with E-state index in [4.69, 9.17) is 21.1 Å². The Labute approximate surface area is 116 Å². The number of rotatable bonds is 8. The zero-order valence-electron chi connectivity index (χ0n) is 10.7. The molecule has 1 aromatic rings. The second-order valence-electron chi connectivity index (χ2n) is 3.77. The number of ether oxygens (including phenoxy) is 2. The van der Waals surface area contributed by atoms with Crippen LogP contribution in [0.5, 0.6) is 5.75 Å². The summed E-state index contributed by atoms with van der Waals surface area (Å²) in [5.74, 6) is -0.401. The lowest BCUT2D eigenvalue weighted by atomic mass is 10.3. The van der Waals surface area contributed by atoms with Crippen LogP contribution in [0, 0.1) is 5.82 Å². The van der Waals surface area contributed by atoms with Gasteiger partial charge in [0.05, 0.1) is 5.02 Å². The monoisotopic (exact) mass is 289 g/mol. The van der Waals surface area contributed by atoms with E-state index in [0.717, 1.165) is 6.42 Å². The lowest BCUT2D eigenvalue weighted by Gasteiger charge is -2.08. The van der Waals surface area contributed by atoms with Crippen LogP contribution in [-0.2, 0) is 9.53 Å². The average molecular weight is 290 g/mol. The summed E-state index contributed by atoms with van der Waals surface area (Å²) in [4.78, 5) is 11.4. The van der Waals surface area contributed by atoms with Gasteiger partial charge in [-0.3, -0.25) is 4.79 Å². The molecule has 19 heavy (non-hydrogen) atoms. The third kappa shape index (κ3) is 6.40. The number of carbonyl (C=O) groups excluding carboxylic acids is 1. The predicted molar refractivity (Wildman–Crippen MR) is 71.0 cm³/mol. The van der Waals surface area contributed by atoms with E-state index in [-0.39, 0.29) is 17.5 Å². The first-order valence-electron chi connectivity index (χ1n) is 6.05. The van der Waals surface area contributed by atoms with Crippen LogP contribution < -0.4 is 10.1 Å². The van der Waals surface area contributed by atoms with Gasteiger partial charge in [0.2, 0.25) is 0 Å². The lowest BCUT2D eigenvalue weighted by Crippen LogP contribution is -2.30. The summed E-state index contributed by atoms with van der Waals surface area (Å²) in [6.45, 7) is 3.61. The van der Waals surface area contributed by atoms with Gasteiger partial charge < -0.3 is 14.8 Å². The van der Waals surface area contributed by atoms with Gasteiger partial charge in [0.1, 0.15) is 11.6 Å². The molecule has 0 aliphatic carbocycles. The number of benzene rings is 1. The third-order valence-electron chi connectivity index (χ3n) is 2.25. The van der Waals surface area contributed by atoms with E-state index >= 15 is 0 Å². The highest BCUT2D eigenvalue weighted by atomic mass is 35.5. The molecule has 0 heterocycles. The highest BCUT2D eigenvalue weighted by molar-refractivity contribution is 6.30. The third-order valence-corrected chi connectivity index (χ3v) is 2.54. The Morgan fingerprint density at radius 3 is 2.95 bits per heavy atom. The molecule has 0 atom stereocenters. The molecule has 4 nitrogen and oxygen atoms in total. The number of hydrogen-bond donors (Lipinski definition) is 1. The first kappa shape index (κ1) is 15.7. The van der Waals surface area contributed by atoms with Crippen LogP contribution in [0.4, 0.5) is 4.39 Å². The maximum atomic E-state index is 12.9. The fourth-order valence-corrected chi connectivity index (χ4v) is 1.48. The highest BCUT2D eigenvalue weighted by Crippen LogP contribution is 2.20. The van der Waals surface area contributed by atoms with Crippen molar-refractivity contribution in [2.45, 2.75) is 13.3 Å². The number of amides is 1. The molecular formula is C13H17ClFNO3. The summed E-state index contributed by atoms with van der Waals surface area (Å²) in [5.41, 5.74) is 0. The SMILES string of the molecule is CCOCCCNC(=O)COc1ccc(F)c(Cl)c1. The highest BCUT2D eigenvalue weighted by Gasteiger charge is 2.05. The number of nitrogens with one attached hydrogen (secondary N) is 1. The van der Waals surface area contributed by atoms with Crippen LogP contribution in [0.1, 0.15) is 13.3 Å². The first-order valence-corrected chi connectivity index (χ1v) is 6.43. The quantitative estimate of drug-likeness (QED) is 0.748.